The van der Waals surface area contributed by atoms with Gasteiger partial charge >= 0.3 is 12.1 Å². The predicted octanol–water partition coefficient (Wildman–Crippen LogP) is 4.04. The van der Waals surface area contributed by atoms with Gasteiger partial charge < -0.3 is 20.1 Å². The number of aromatic nitrogens is 1. The molecule has 0 radical (unpaired) electrons. The van der Waals surface area contributed by atoms with Gasteiger partial charge in [-0.1, -0.05) is 37.3 Å². The second-order valence-corrected chi connectivity index (χ2v) is 8.22. The van der Waals surface area contributed by atoms with Crippen LogP contribution in [-0.2, 0) is 9.47 Å². The van der Waals surface area contributed by atoms with Crippen LogP contribution in [0.3, 0.4) is 0 Å². The Morgan fingerprint density at radius 2 is 1.89 bits per heavy atom. The Morgan fingerprint density at radius 1 is 1.21 bits per heavy atom. The van der Waals surface area contributed by atoms with Gasteiger partial charge in [0, 0.05) is 17.8 Å². The second kappa shape index (κ2) is 9.54. The van der Waals surface area contributed by atoms with Gasteiger partial charge in [0.05, 0.1) is 13.2 Å². The SMILES string of the molecule is COC(=O)c1csc(NC[C@@H](NC(=O)OC(C)(C)C)[C@@H](C)c2ccccc2)n1. The zero-order chi connectivity index (χ0) is 20.7. The minimum Gasteiger partial charge on any atom is -0.464 e. The van der Waals surface area contributed by atoms with E-state index in [-0.39, 0.29) is 17.7 Å². The van der Waals surface area contributed by atoms with Gasteiger partial charge in [-0.05, 0) is 26.3 Å². The smallest absolute Gasteiger partial charge is 0.407 e. The summed E-state index contributed by atoms with van der Waals surface area (Å²) < 4.78 is 10.1. The topological polar surface area (TPSA) is 89.6 Å². The number of benzene rings is 1. The molecule has 28 heavy (non-hydrogen) atoms. The van der Waals surface area contributed by atoms with Crippen LogP contribution in [0.15, 0.2) is 35.7 Å². The molecule has 0 aliphatic heterocycles. The molecule has 2 N–H and O–H groups in total. The molecule has 1 heterocycles. The Kier molecular flexibility index (Phi) is 7.39. The van der Waals surface area contributed by atoms with Gasteiger partial charge in [0.25, 0.3) is 0 Å². The van der Waals surface area contributed by atoms with E-state index in [1.54, 1.807) is 5.38 Å². The molecule has 8 heteroatoms. The van der Waals surface area contributed by atoms with Crippen molar-refractivity contribution in [3.05, 3.63) is 47.0 Å². The summed E-state index contributed by atoms with van der Waals surface area (Å²) in [6, 6.07) is 9.68. The Labute approximate surface area is 169 Å². The molecule has 0 saturated heterocycles. The van der Waals surface area contributed by atoms with Crippen molar-refractivity contribution >= 4 is 28.5 Å². The van der Waals surface area contributed by atoms with Gasteiger partial charge in [-0.25, -0.2) is 14.6 Å². The van der Waals surface area contributed by atoms with Crippen LogP contribution in [0.5, 0.6) is 0 Å². The van der Waals surface area contributed by atoms with Gasteiger partial charge in [0.15, 0.2) is 10.8 Å². The highest BCUT2D eigenvalue weighted by Crippen LogP contribution is 2.22. The first-order valence-corrected chi connectivity index (χ1v) is 9.89. The van der Waals surface area contributed by atoms with Gasteiger partial charge in [-0.15, -0.1) is 11.3 Å². The Hall–Kier alpha value is -2.61. The van der Waals surface area contributed by atoms with Crippen molar-refractivity contribution in [1.29, 1.82) is 0 Å². The number of methoxy groups -OCH3 is 1. The third kappa shape index (κ3) is 6.53. The quantitative estimate of drug-likeness (QED) is 0.676. The van der Waals surface area contributed by atoms with E-state index < -0.39 is 17.7 Å². The molecule has 0 aliphatic rings. The summed E-state index contributed by atoms with van der Waals surface area (Å²) in [6.07, 6.45) is -0.475. The first-order valence-electron chi connectivity index (χ1n) is 9.02. The number of thiazole rings is 1. The second-order valence-electron chi connectivity index (χ2n) is 7.36. The number of hydrogen-bond acceptors (Lipinski definition) is 7. The molecule has 1 amide bonds. The molecule has 1 aromatic carbocycles. The largest absolute Gasteiger partial charge is 0.464 e. The van der Waals surface area contributed by atoms with Crippen LogP contribution in [0.2, 0.25) is 0 Å². The van der Waals surface area contributed by atoms with E-state index in [1.807, 2.05) is 58.0 Å². The van der Waals surface area contributed by atoms with Crippen molar-refractivity contribution in [1.82, 2.24) is 10.3 Å². The van der Waals surface area contributed by atoms with Crippen molar-refractivity contribution < 1.29 is 19.1 Å². The highest BCUT2D eigenvalue weighted by atomic mass is 32.1. The number of ether oxygens (including phenoxy) is 2. The molecule has 0 fully saturated rings. The van der Waals surface area contributed by atoms with Crippen LogP contribution in [0.1, 0.15) is 49.7 Å². The molecule has 2 aromatic rings. The third-order valence-corrected chi connectivity index (χ3v) is 4.80. The molecule has 7 nitrogen and oxygen atoms in total. The van der Waals surface area contributed by atoms with Crippen molar-refractivity contribution in [2.45, 2.75) is 45.3 Å². The highest BCUT2D eigenvalue weighted by Gasteiger charge is 2.24. The number of alkyl carbamates (subject to hydrolysis) is 1. The summed E-state index contributed by atoms with van der Waals surface area (Å²) in [4.78, 5) is 28.1. The molecule has 0 bridgehead atoms. The lowest BCUT2D eigenvalue weighted by atomic mass is 9.93. The van der Waals surface area contributed by atoms with Crippen molar-refractivity contribution in [2.24, 2.45) is 0 Å². The van der Waals surface area contributed by atoms with Crippen LogP contribution in [-0.4, -0.2) is 42.3 Å². The lowest BCUT2D eigenvalue weighted by molar-refractivity contribution is 0.0500. The third-order valence-electron chi connectivity index (χ3n) is 4.00. The number of anilines is 1. The normalized spacial score (nSPS) is 13.3. The highest BCUT2D eigenvalue weighted by molar-refractivity contribution is 7.13. The number of nitrogens with one attached hydrogen (secondary N) is 2. The summed E-state index contributed by atoms with van der Waals surface area (Å²) in [5.74, 6) is -0.452. The molecular formula is C20H27N3O4S. The lowest BCUT2D eigenvalue weighted by Gasteiger charge is -2.28. The standard InChI is InChI=1S/C20H27N3O4S/c1-13(14-9-7-6-8-10-14)15(23-19(25)27-20(2,3)4)11-21-18-22-16(12-28-18)17(24)26-5/h6-10,12-13,15H,11H2,1-5H3,(H,21,22)(H,23,25)/t13-,15+/m0/s1. The Bertz CT molecular complexity index is 786. The van der Waals surface area contributed by atoms with E-state index in [0.717, 1.165) is 5.56 Å². The van der Waals surface area contributed by atoms with E-state index in [1.165, 1.54) is 18.4 Å². The maximum Gasteiger partial charge on any atom is 0.407 e. The summed E-state index contributed by atoms with van der Waals surface area (Å²) >= 11 is 1.30. The van der Waals surface area contributed by atoms with E-state index in [0.29, 0.717) is 11.7 Å². The van der Waals surface area contributed by atoms with E-state index in [4.69, 9.17) is 4.74 Å². The number of rotatable bonds is 7. The minimum absolute atomic E-state index is 0.0289. The van der Waals surface area contributed by atoms with E-state index in [2.05, 4.69) is 20.4 Å². The van der Waals surface area contributed by atoms with E-state index in [9.17, 15) is 9.59 Å². The predicted molar refractivity (Wildman–Crippen MR) is 110 cm³/mol. The van der Waals surface area contributed by atoms with Gasteiger partial charge in [-0.2, -0.15) is 0 Å². The van der Waals surface area contributed by atoms with Gasteiger partial charge in [-0.3, -0.25) is 0 Å². The molecule has 0 spiro atoms. The van der Waals surface area contributed by atoms with Crippen molar-refractivity contribution in [2.75, 3.05) is 19.0 Å². The summed E-state index contributed by atoms with van der Waals surface area (Å²) in [5.41, 5.74) is 0.769. The van der Waals surface area contributed by atoms with Crippen molar-refractivity contribution in [3.8, 4) is 0 Å². The fourth-order valence-corrected chi connectivity index (χ4v) is 3.24. The summed E-state index contributed by atoms with van der Waals surface area (Å²) in [6.45, 7) is 7.93. The van der Waals surface area contributed by atoms with Crippen LogP contribution in [0.25, 0.3) is 0 Å². The van der Waals surface area contributed by atoms with Crippen molar-refractivity contribution in [3.63, 3.8) is 0 Å². The fraction of sp³-hybridized carbons (Fsp3) is 0.450. The zero-order valence-corrected chi connectivity index (χ0v) is 17.6. The number of esters is 1. The Morgan fingerprint density at radius 3 is 2.50 bits per heavy atom. The molecule has 0 aliphatic carbocycles. The van der Waals surface area contributed by atoms with Gasteiger partial charge in [0.1, 0.15) is 5.60 Å². The molecule has 2 atom stereocenters. The first kappa shape index (κ1) is 21.7. The molecule has 2 rings (SSSR count). The van der Waals surface area contributed by atoms with E-state index >= 15 is 0 Å². The first-order chi connectivity index (χ1) is 13.2. The lowest BCUT2D eigenvalue weighted by Crippen LogP contribution is -2.45. The number of carbonyl (C=O) groups excluding carboxylic acids is 2. The molecular weight excluding hydrogens is 378 g/mol. The molecule has 1 aromatic heterocycles. The number of hydrogen-bond donors (Lipinski definition) is 2. The monoisotopic (exact) mass is 405 g/mol. The number of carbonyl (C=O) groups is 2. The number of amides is 1. The minimum atomic E-state index is -0.581. The maximum absolute atomic E-state index is 12.3. The average molecular weight is 406 g/mol. The van der Waals surface area contributed by atoms with Crippen LogP contribution >= 0.6 is 11.3 Å². The van der Waals surface area contributed by atoms with Crippen LogP contribution in [0, 0.1) is 0 Å². The summed E-state index contributed by atoms with van der Waals surface area (Å²) in [5, 5.41) is 8.35. The van der Waals surface area contributed by atoms with Gasteiger partial charge in [0.2, 0.25) is 0 Å². The zero-order valence-electron chi connectivity index (χ0n) is 16.8. The average Bonchev–Trinajstić information content (AvgIpc) is 3.12. The molecule has 152 valence electrons. The summed E-state index contributed by atoms with van der Waals surface area (Å²) in [7, 11) is 1.32. The molecule has 0 unspecified atom stereocenters. The maximum atomic E-state index is 12.3. The Balaban J connectivity index is 2.10. The van der Waals surface area contributed by atoms with Crippen LogP contribution in [0.4, 0.5) is 9.93 Å². The fourth-order valence-electron chi connectivity index (χ4n) is 2.55. The number of nitrogens with zero attached hydrogens (tertiary/aromatic N) is 1. The van der Waals surface area contributed by atoms with Crippen LogP contribution < -0.4 is 10.6 Å². The molecule has 0 saturated carbocycles.